The fraction of sp³-hybridized carbons (Fsp3) is 0.417. The van der Waals surface area contributed by atoms with Gasteiger partial charge in [0.15, 0.2) is 6.61 Å². The van der Waals surface area contributed by atoms with Crippen LogP contribution in [0, 0.1) is 0 Å². The molecule has 1 N–H and O–H groups in total. The van der Waals surface area contributed by atoms with E-state index < -0.39 is 0 Å². The molecule has 2 amide bonds. The van der Waals surface area contributed by atoms with Gasteiger partial charge < -0.3 is 15.0 Å². The average Bonchev–Trinajstić information content (AvgIpc) is 2.78. The fourth-order valence-electron chi connectivity index (χ4n) is 3.51. The molecule has 1 heterocycles. The molecular formula is C24H30N2O3. The van der Waals surface area contributed by atoms with Crippen molar-refractivity contribution >= 4 is 17.5 Å². The molecule has 2 aromatic rings. The first-order valence-corrected chi connectivity index (χ1v) is 10.5. The van der Waals surface area contributed by atoms with Crippen molar-refractivity contribution in [1.82, 2.24) is 4.90 Å². The van der Waals surface area contributed by atoms with Crippen molar-refractivity contribution in [2.24, 2.45) is 0 Å². The quantitative estimate of drug-likeness (QED) is 0.731. The predicted octanol–water partition coefficient (Wildman–Crippen LogP) is 4.84. The summed E-state index contributed by atoms with van der Waals surface area (Å²) in [5.41, 5.74) is 2.32. The largest absolute Gasteiger partial charge is 0.484 e. The number of hydrogen-bond acceptors (Lipinski definition) is 3. The minimum Gasteiger partial charge on any atom is -0.484 e. The van der Waals surface area contributed by atoms with Crippen molar-refractivity contribution in [3.63, 3.8) is 0 Å². The van der Waals surface area contributed by atoms with Crippen LogP contribution in [-0.2, 0) is 4.79 Å². The maximum atomic E-state index is 12.8. The number of likely N-dealkylation sites (tertiary alicyclic amines) is 1. The number of carbonyl (C=O) groups excluding carboxylic acids is 2. The summed E-state index contributed by atoms with van der Waals surface area (Å²) >= 11 is 0. The summed E-state index contributed by atoms with van der Waals surface area (Å²) in [6.45, 7) is 5.79. The van der Waals surface area contributed by atoms with E-state index in [1.165, 1.54) is 5.56 Å². The Hall–Kier alpha value is -2.82. The number of piperidine rings is 1. The Morgan fingerprint density at radius 2 is 1.72 bits per heavy atom. The lowest BCUT2D eigenvalue weighted by molar-refractivity contribution is -0.118. The monoisotopic (exact) mass is 394 g/mol. The number of hydrogen-bond donors (Lipinski definition) is 1. The number of anilines is 1. The minimum atomic E-state index is -0.283. The molecule has 1 unspecified atom stereocenters. The summed E-state index contributed by atoms with van der Waals surface area (Å²) in [4.78, 5) is 27.1. The third-order valence-corrected chi connectivity index (χ3v) is 5.51. The summed E-state index contributed by atoms with van der Waals surface area (Å²) in [5.74, 6) is 0.850. The zero-order valence-electron chi connectivity index (χ0n) is 17.3. The van der Waals surface area contributed by atoms with Crippen LogP contribution >= 0.6 is 0 Å². The van der Waals surface area contributed by atoms with E-state index >= 15 is 0 Å². The second kappa shape index (κ2) is 10.1. The van der Waals surface area contributed by atoms with Crippen LogP contribution in [0.3, 0.4) is 0 Å². The minimum absolute atomic E-state index is 0.0258. The maximum Gasteiger partial charge on any atom is 0.262 e. The highest BCUT2D eigenvalue weighted by atomic mass is 16.5. The zero-order chi connectivity index (χ0) is 20.6. The Balaban J connectivity index is 1.58. The molecule has 5 heteroatoms. The summed E-state index contributed by atoms with van der Waals surface area (Å²) in [6, 6.07) is 15.0. The molecule has 1 aliphatic heterocycles. The van der Waals surface area contributed by atoms with Crippen LogP contribution in [-0.4, -0.2) is 36.4 Å². The lowest BCUT2D eigenvalue weighted by Crippen LogP contribution is -2.36. The van der Waals surface area contributed by atoms with Gasteiger partial charge in [-0.05, 0) is 61.4 Å². The Morgan fingerprint density at radius 1 is 1.03 bits per heavy atom. The van der Waals surface area contributed by atoms with E-state index in [2.05, 4.69) is 19.2 Å². The lowest BCUT2D eigenvalue weighted by Gasteiger charge is -2.27. The highest BCUT2D eigenvalue weighted by Gasteiger charge is 2.21. The normalized spacial score (nSPS) is 14.9. The number of para-hydroxylation sites is 1. The first kappa shape index (κ1) is 20.9. The number of nitrogens with one attached hydrogen (secondary N) is 1. The van der Waals surface area contributed by atoms with Gasteiger partial charge in [0.1, 0.15) is 5.75 Å². The zero-order valence-corrected chi connectivity index (χ0v) is 17.3. The number of amides is 2. The van der Waals surface area contributed by atoms with Gasteiger partial charge >= 0.3 is 0 Å². The van der Waals surface area contributed by atoms with E-state index in [-0.39, 0.29) is 18.4 Å². The molecule has 5 nitrogen and oxygen atoms in total. The maximum absolute atomic E-state index is 12.8. The molecule has 0 radical (unpaired) electrons. The van der Waals surface area contributed by atoms with E-state index in [1.807, 2.05) is 41.3 Å². The summed E-state index contributed by atoms with van der Waals surface area (Å²) < 4.78 is 5.62. The highest BCUT2D eigenvalue weighted by Crippen LogP contribution is 2.22. The van der Waals surface area contributed by atoms with Gasteiger partial charge in [0.2, 0.25) is 0 Å². The van der Waals surface area contributed by atoms with Crippen molar-refractivity contribution in [3.05, 3.63) is 59.7 Å². The van der Waals surface area contributed by atoms with Gasteiger partial charge in [-0.2, -0.15) is 0 Å². The van der Waals surface area contributed by atoms with E-state index in [0.717, 1.165) is 38.8 Å². The second-order valence-corrected chi connectivity index (χ2v) is 7.61. The summed E-state index contributed by atoms with van der Waals surface area (Å²) in [6.07, 6.45) is 4.31. The van der Waals surface area contributed by atoms with Crippen molar-refractivity contribution in [3.8, 4) is 5.75 Å². The number of benzene rings is 2. The first-order valence-electron chi connectivity index (χ1n) is 10.5. The van der Waals surface area contributed by atoms with Crippen LogP contribution in [0.5, 0.6) is 5.75 Å². The van der Waals surface area contributed by atoms with Crippen molar-refractivity contribution < 1.29 is 14.3 Å². The van der Waals surface area contributed by atoms with Crippen molar-refractivity contribution in [2.75, 3.05) is 25.0 Å². The molecule has 0 aliphatic carbocycles. The smallest absolute Gasteiger partial charge is 0.262 e. The van der Waals surface area contributed by atoms with Crippen LogP contribution in [0.2, 0.25) is 0 Å². The predicted molar refractivity (Wildman–Crippen MR) is 115 cm³/mol. The molecule has 154 valence electrons. The number of carbonyl (C=O) groups is 2. The molecule has 1 atom stereocenters. The van der Waals surface area contributed by atoms with Gasteiger partial charge in [-0.15, -0.1) is 0 Å². The van der Waals surface area contributed by atoms with E-state index in [0.29, 0.717) is 22.9 Å². The molecule has 0 bridgehead atoms. The number of ether oxygens (including phenoxy) is 1. The number of nitrogens with zero attached hydrogens (tertiary/aromatic N) is 1. The molecule has 1 fully saturated rings. The fourth-order valence-corrected chi connectivity index (χ4v) is 3.51. The van der Waals surface area contributed by atoms with Crippen molar-refractivity contribution in [1.29, 1.82) is 0 Å². The Morgan fingerprint density at radius 3 is 2.41 bits per heavy atom. The first-order chi connectivity index (χ1) is 14.1. The molecule has 1 saturated heterocycles. The van der Waals surface area contributed by atoms with Gasteiger partial charge in [0, 0.05) is 13.1 Å². The molecule has 0 spiro atoms. The van der Waals surface area contributed by atoms with E-state index in [4.69, 9.17) is 4.74 Å². The Kier molecular flexibility index (Phi) is 7.28. The second-order valence-electron chi connectivity index (χ2n) is 7.61. The van der Waals surface area contributed by atoms with Gasteiger partial charge in [-0.3, -0.25) is 9.59 Å². The number of rotatable bonds is 7. The van der Waals surface area contributed by atoms with E-state index in [9.17, 15) is 9.59 Å². The third kappa shape index (κ3) is 5.59. The van der Waals surface area contributed by atoms with E-state index in [1.54, 1.807) is 12.1 Å². The van der Waals surface area contributed by atoms with Gasteiger partial charge in [-0.25, -0.2) is 0 Å². The highest BCUT2D eigenvalue weighted by molar-refractivity contribution is 6.04. The van der Waals surface area contributed by atoms with Crippen LogP contribution < -0.4 is 10.1 Å². The lowest BCUT2D eigenvalue weighted by atomic mass is 9.99. The molecular weight excluding hydrogens is 364 g/mol. The standard InChI is InChI=1S/C24H30N2O3/c1-3-18(2)19-11-13-20(14-12-19)29-17-23(27)25-22-10-6-5-9-21(22)24(28)26-15-7-4-8-16-26/h5-6,9-14,18H,3-4,7-8,15-17H2,1-2H3,(H,25,27). The molecule has 29 heavy (non-hydrogen) atoms. The summed E-state index contributed by atoms with van der Waals surface area (Å²) in [7, 11) is 0. The molecule has 1 aliphatic rings. The molecule has 3 rings (SSSR count). The molecule has 0 saturated carbocycles. The van der Waals surface area contributed by atoms with Crippen LogP contribution in [0.15, 0.2) is 48.5 Å². The van der Waals surface area contributed by atoms with Gasteiger partial charge in [-0.1, -0.05) is 38.1 Å². The van der Waals surface area contributed by atoms with Crippen LogP contribution in [0.1, 0.15) is 61.4 Å². The molecule has 0 aromatic heterocycles. The SMILES string of the molecule is CCC(C)c1ccc(OCC(=O)Nc2ccccc2C(=O)N2CCCCC2)cc1. The Labute approximate surface area is 173 Å². The van der Waals surface area contributed by atoms with Gasteiger partial charge in [0.05, 0.1) is 11.3 Å². The third-order valence-electron chi connectivity index (χ3n) is 5.51. The van der Waals surface area contributed by atoms with Gasteiger partial charge in [0.25, 0.3) is 11.8 Å². The van der Waals surface area contributed by atoms with Crippen LogP contribution in [0.4, 0.5) is 5.69 Å². The topological polar surface area (TPSA) is 58.6 Å². The molecule has 2 aromatic carbocycles. The Bertz CT molecular complexity index is 826. The summed E-state index contributed by atoms with van der Waals surface area (Å²) in [5, 5.41) is 2.83. The van der Waals surface area contributed by atoms with Crippen LogP contribution in [0.25, 0.3) is 0 Å². The van der Waals surface area contributed by atoms with Crippen molar-refractivity contribution in [2.45, 2.75) is 45.4 Å². The average molecular weight is 395 g/mol.